The molecule has 6 heteroatoms. The number of aryl methyl sites for hydroxylation is 1. The van der Waals surface area contributed by atoms with Crippen LogP contribution in [0.15, 0.2) is 30.3 Å². The van der Waals surface area contributed by atoms with Crippen molar-refractivity contribution in [3.05, 3.63) is 41.6 Å². The van der Waals surface area contributed by atoms with E-state index in [2.05, 4.69) is 43.5 Å². The summed E-state index contributed by atoms with van der Waals surface area (Å²) in [6.07, 6.45) is 5.38. The fourth-order valence-corrected chi connectivity index (χ4v) is 4.45. The highest BCUT2D eigenvalue weighted by Gasteiger charge is 2.34. The molecule has 2 bridgehead atoms. The predicted octanol–water partition coefficient (Wildman–Crippen LogP) is 4.59. The lowest BCUT2D eigenvalue weighted by Crippen LogP contribution is -2.39. The molecule has 2 atom stereocenters. The first kappa shape index (κ1) is 20.9. The molecule has 1 aromatic heterocycles. The number of amides is 1. The van der Waals surface area contributed by atoms with Gasteiger partial charge in [0.2, 0.25) is 5.91 Å². The first-order chi connectivity index (χ1) is 13.0. The molecule has 2 N–H and O–H groups in total. The summed E-state index contributed by atoms with van der Waals surface area (Å²) in [5, 5.41) is 11.5. The molecule has 5 nitrogen and oxygen atoms in total. The van der Waals surface area contributed by atoms with Crippen molar-refractivity contribution in [2.24, 2.45) is 5.92 Å². The van der Waals surface area contributed by atoms with E-state index in [1.165, 1.54) is 18.4 Å². The highest BCUT2D eigenvalue weighted by atomic mass is 35.5. The Kier molecular flexibility index (Phi) is 6.46. The minimum absolute atomic E-state index is 0. The Labute approximate surface area is 173 Å². The van der Waals surface area contributed by atoms with Gasteiger partial charge in [0.25, 0.3) is 0 Å². The molecule has 0 aliphatic carbocycles. The third-order valence-corrected chi connectivity index (χ3v) is 5.91. The number of halogens is 1. The molecular weight excluding hydrogens is 372 g/mol. The lowest BCUT2D eigenvalue weighted by atomic mass is 9.89. The van der Waals surface area contributed by atoms with Crippen LogP contribution in [0.4, 0.5) is 5.82 Å². The van der Waals surface area contributed by atoms with Gasteiger partial charge in [-0.05, 0) is 56.6 Å². The maximum atomic E-state index is 12.8. The molecule has 0 saturated carbocycles. The summed E-state index contributed by atoms with van der Waals surface area (Å²) in [4.78, 5) is 12.8. The van der Waals surface area contributed by atoms with Crippen molar-refractivity contribution >= 4 is 24.1 Å². The van der Waals surface area contributed by atoms with Crippen LogP contribution in [0.3, 0.4) is 0 Å². The molecule has 1 amide bonds. The molecule has 4 rings (SSSR count). The van der Waals surface area contributed by atoms with E-state index in [9.17, 15) is 4.79 Å². The lowest BCUT2D eigenvalue weighted by Gasteiger charge is -2.28. The van der Waals surface area contributed by atoms with E-state index in [-0.39, 0.29) is 18.3 Å². The van der Waals surface area contributed by atoms with Crippen molar-refractivity contribution in [1.29, 1.82) is 0 Å². The Morgan fingerprint density at radius 1 is 1.21 bits per heavy atom. The molecule has 0 spiro atoms. The van der Waals surface area contributed by atoms with Gasteiger partial charge in [-0.3, -0.25) is 4.79 Å². The Balaban J connectivity index is 0.00000225. The van der Waals surface area contributed by atoms with Gasteiger partial charge >= 0.3 is 0 Å². The number of fused-ring (bicyclic) bond motifs is 2. The molecule has 2 unspecified atom stereocenters. The summed E-state index contributed by atoms with van der Waals surface area (Å²) in [7, 11) is 0. The number of rotatable bonds is 5. The zero-order valence-electron chi connectivity index (χ0n) is 16.9. The third-order valence-electron chi connectivity index (χ3n) is 5.91. The number of aromatic nitrogens is 2. The smallest absolute Gasteiger partial charge is 0.225 e. The van der Waals surface area contributed by atoms with E-state index in [4.69, 9.17) is 5.10 Å². The number of hydrogen-bond acceptors (Lipinski definition) is 3. The average molecular weight is 403 g/mol. The zero-order chi connectivity index (χ0) is 19.0. The van der Waals surface area contributed by atoms with Crippen molar-refractivity contribution in [2.75, 3.05) is 5.32 Å². The van der Waals surface area contributed by atoms with E-state index in [0.29, 0.717) is 30.3 Å². The summed E-state index contributed by atoms with van der Waals surface area (Å²) in [5.41, 5.74) is 3.18. The number of piperidine rings is 1. The van der Waals surface area contributed by atoms with Gasteiger partial charge in [0, 0.05) is 24.6 Å². The van der Waals surface area contributed by atoms with Gasteiger partial charge in [-0.1, -0.05) is 31.5 Å². The van der Waals surface area contributed by atoms with Crippen LogP contribution in [0.2, 0.25) is 0 Å². The van der Waals surface area contributed by atoms with E-state index in [1.54, 1.807) is 0 Å². The van der Waals surface area contributed by atoms with E-state index in [0.717, 1.165) is 30.0 Å². The molecule has 2 aliphatic heterocycles. The van der Waals surface area contributed by atoms with Gasteiger partial charge in [-0.15, -0.1) is 12.4 Å². The van der Waals surface area contributed by atoms with Crippen LogP contribution >= 0.6 is 12.4 Å². The molecule has 152 valence electrons. The maximum Gasteiger partial charge on any atom is 0.225 e. The van der Waals surface area contributed by atoms with E-state index < -0.39 is 0 Å². The molecule has 1 aromatic carbocycles. The first-order valence-electron chi connectivity index (χ1n) is 10.2. The lowest BCUT2D eigenvalue weighted by molar-refractivity contribution is -0.117. The quantitative estimate of drug-likeness (QED) is 0.769. The van der Waals surface area contributed by atoms with Crippen LogP contribution in [-0.4, -0.2) is 27.8 Å². The molecular formula is C22H31ClN4O. The highest BCUT2D eigenvalue weighted by Crippen LogP contribution is 2.33. The zero-order valence-corrected chi connectivity index (χ0v) is 17.8. The van der Waals surface area contributed by atoms with Gasteiger partial charge < -0.3 is 10.6 Å². The van der Waals surface area contributed by atoms with Crippen molar-refractivity contribution in [2.45, 2.75) is 70.9 Å². The number of carbonyl (C=O) groups excluding carboxylic acids is 1. The summed E-state index contributed by atoms with van der Waals surface area (Å²) in [5.74, 6) is 1.67. The second-order valence-corrected chi connectivity index (χ2v) is 8.58. The Morgan fingerprint density at radius 2 is 1.86 bits per heavy atom. The monoisotopic (exact) mass is 402 g/mol. The van der Waals surface area contributed by atoms with Crippen LogP contribution in [-0.2, 0) is 4.79 Å². The Bertz CT molecular complexity index is 802. The number of anilines is 1. The van der Waals surface area contributed by atoms with Crippen LogP contribution in [0, 0.1) is 12.8 Å². The molecule has 3 heterocycles. The summed E-state index contributed by atoms with van der Waals surface area (Å²) < 4.78 is 1.86. The SMILES string of the molecule is Cc1ccc(-n2nc(C(C)C)cc2NC(=O)CC2CC3CCC(C2)N3)cc1.Cl. The van der Waals surface area contributed by atoms with Crippen LogP contribution < -0.4 is 10.6 Å². The molecule has 28 heavy (non-hydrogen) atoms. The second-order valence-electron chi connectivity index (χ2n) is 8.58. The predicted molar refractivity (Wildman–Crippen MR) is 116 cm³/mol. The van der Waals surface area contributed by atoms with Gasteiger partial charge in [-0.2, -0.15) is 5.10 Å². The highest BCUT2D eigenvalue weighted by molar-refractivity contribution is 5.90. The molecule has 2 aromatic rings. The molecule has 2 aliphatic rings. The van der Waals surface area contributed by atoms with Gasteiger partial charge in [0.05, 0.1) is 11.4 Å². The van der Waals surface area contributed by atoms with Crippen molar-refractivity contribution < 1.29 is 4.79 Å². The Hall–Kier alpha value is -1.85. The topological polar surface area (TPSA) is 59.0 Å². The van der Waals surface area contributed by atoms with Crippen molar-refractivity contribution in [1.82, 2.24) is 15.1 Å². The largest absolute Gasteiger partial charge is 0.311 e. The summed E-state index contributed by atoms with van der Waals surface area (Å²) in [6, 6.07) is 11.5. The van der Waals surface area contributed by atoms with E-state index in [1.807, 2.05) is 22.9 Å². The minimum Gasteiger partial charge on any atom is -0.311 e. The second kappa shape index (κ2) is 8.66. The Morgan fingerprint density at radius 3 is 2.46 bits per heavy atom. The van der Waals surface area contributed by atoms with Crippen LogP contribution in [0.5, 0.6) is 0 Å². The summed E-state index contributed by atoms with van der Waals surface area (Å²) in [6.45, 7) is 6.32. The number of hydrogen-bond donors (Lipinski definition) is 2. The number of carbonyl (C=O) groups is 1. The van der Waals surface area contributed by atoms with Crippen LogP contribution in [0.25, 0.3) is 5.69 Å². The van der Waals surface area contributed by atoms with Gasteiger partial charge in [-0.25, -0.2) is 4.68 Å². The number of nitrogens with zero attached hydrogens (tertiary/aromatic N) is 2. The van der Waals surface area contributed by atoms with Gasteiger partial charge in [0.1, 0.15) is 5.82 Å². The normalized spacial score (nSPS) is 23.5. The number of nitrogens with one attached hydrogen (secondary N) is 2. The van der Waals surface area contributed by atoms with E-state index >= 15 is 0 Å². The standard InChI is InChI=1S/C22H30N4O.ClH/c1-14(2)20-13-21(26(25-20)19-8-4-15(3)5-9-19)24-22(27)12-16-10-17-6-7-18(11-16)23-17;/h4-5,8-9,13-14,16-18,23H,6-7,10-12H2,1-3H3,(H,24,27);1H. The minimum atomic E-state index is 0. The maximum absolute atomic E-state index is 12.8. The molecule has 0 radical (unpaired) electrons. The average Bonchev–Trinajstić information content (AvgIpc) is 3.19. The van der Waals surface area contributed by atoms with Crippen molar-refractivity contribution in [3.63, 3.8) is 0 Å². The number of benzene rings is 1. The van der Waals surface area contributed by atoms with Crippen molar-refractivity contribution in [3.8, 4) is 5.69 Å². The third kappa shape index (κ3) is 4.58. The first-order valence-corrected chi connectivity index (χ1v) is 10.2. The fourth-order valence-electron chi connectivity index (χ4n) is 4.45. The fraction of sp³-hybridized carbons (Fsp3) is 0.545. The molecule has 2 saturated heterocycles. The summed E-state index contributed by atoms with van der Waals surface area (Å²) >= 11 is 0. The molecule has 2 fully saturated rings. The van der Waals surface area contributed by atoms with Gasteiger partial charge in [0.15, 0.2) is 0 Å². The van der Waals surface area contributed by atoms with Crippen LogP contribution in [0.1, 0.15) is 63.1 Å².